The first-order chi connectivity index (χ1) is 7.91. The van der Waals surface area contributed by atoms with Crippen LogP contribution in [-0.2, 0) is 4.79 Å². The van der Waals surface area contributed by atoms with Crippen molar-refractivity contribution < 1.29 is 9.59 Å². The van der Waals surface area contributed by atoms with Crippen LogP contribution in [-0.4, -0.2) is 37.4 Å². The summed E-state index contributed by atoms with van der Waals surface area (Å²) in [6.45, 7) is 0.201. The van der Waals surface area contributed by atoms with Gasteiger partial charge in [0, 0.05) is 0 Å². The number of benzene rings is 1. The Kier molecular flexibility index (Phi) is 4.06. The SMILES string of the molecule is CN(C)CC(=O)Nc1c(N)cccc1C(N)=O. The average Bonchev–Trinajstić information content (AvgIpc) is 2.19. The molecule has 0 aliphatic heterocycles. The number of nitrogens with one attached hydrogen (secondary N) is 1. The lowest BCUT2D eigenvalue weighted by molar-refractivity contribution is -0.116. The van der Waals surface area contributed by atoms with E-state index in [4.69, 9.17) is 11.5 Å². The monoisotopic (exact) mass is 236 g/mol. The Labute approximate surface area is 99.6 Å². The van der Waals surface area contributed by atoms with E-state index in [1.54, 1.807) is 31.1 Å². The zero-order chi connectivity index (χ0) is 13.0. The van der Waals surface area contributed by atoms with Gasteiger partial charge in [0.25, 0.3) is 5.91 Å². The van der Waals surface area contributed by atoms with Gasteiger partial charge in [-0.1, -0.05) is 6.07 Å². The predicted molar refractivity (Wildman–Crippen MR) is 66.6 cm³/mol. The molecule has 0 heterocycles. The third-order valence-electron chi connectivity index (χ3n) is 2.09. The molecule has 0 aliphatic rings. The van der Waals surface area contributed by atoms with Crippen molar-refractivity contribution in [2.75, 3.05) is 31.7 Å². The Morgan fingerprint density at radius 1 is 1.35 bits per heavy atom. The van der Waals surface area contributed by atoms with Crippen molar-refractivity contribution in [2.45, 2.75) is 0 Å². The maximum atomic E-state index is 11.6. The molecule has 0 unspecified atom stereocenters. The molecule has 92 valence electrons. The van der Waals surface area contributed by atoms with Gasteiger partial charge in [0.15, 0.2) is 0 Å². The summed E-state index contributed by atoms with van der Waals surface area (Å²) >= 11 is 0. The van der Waals surface area contributed by atoms with Crippen LogP contribution in [0.3, 0.4) is 0 Å². The highest BCUT2D eigenvalue weighted by molar-refractivity contribution is 6.06. The number of amides is 2. The van der Waals surface area contributed by atoms with Crippen LogP contribution < -0.4 is 16.8 Å². The highest BCUT2D eigenvalue weighted by Crippen LogP contribution is 2.22. The number of carbonyl (C=O) groups is 2. The molecule has 0 saturated heterocycles. The summed E-state index contributed by atoms with van der Waals surface area (Å²) in [7, 11) is 3.53. The molecule has 0 spiro atoms. The molecule has 6 nitrogen and oxygen atoms in total. The maximum Gasteiger partial charge on any atom is 0.250 e. The molecule has 2 amide bonds. The lowest BCUT2D eigenvalue weighted by atomic mass is 10.1. The van der Waals surface area contributed by atoms with E-state index in [2.05, 4.69) is 5.32 Å². The zero-order valence-corrected chi connectivity index (χ0v) is 9.86. The summed E-state index contributed by atoms with van der Waals surface area (Å²) in [5.74, 6) is -0.882. The van der Waals surface area contributed by atoms with E-state index in [0.29, 0.717) is 5.69 Å². The predicted octanol–water partition coefficient (Wildman–Crippen LogP) is -0.132. The van der Waals surface area contributed by atoms with Crippen molar-refractivity contribution in [1.82, 2.24) is 4.90 Å². The second-order valence-corrected chi connectivity index (χ2v) is 3.92. The molecular weight excluding hydrogens is 220 g/mol. The third kappa shape index (κ3) is 3.46. The minimum absolute atomic E-state index is 0.201. The molecular formula is C11H16N4O2. The van der Waals surface area contributed by atoms with Gasteiger partial charge >= 0.3 is 0 Å². The zero-order valence-electron chi connectivity index (χ0n) is 9.86. The van der Waals surface area contributed by atoms with E-state index in [1.165, 1.54) is 6.07 Å². The van der Waals surface area contributed by atoms with Gasteiger partial charge in [-0.15, -0.1) is 0 Å². The first kappa shape index (κ1) is 13.0. The van der Waals surface area contributed by atoms with Crippen molar-refractivity contribution in [3.8, 4) is 0 Å². The van der Waals surface area contributed by atoms with Crippen molar-refractivity contribution in [2.24, 2.45) is 5.73 Å². The fourth-order valence-corrected chi connectivity index (χ4v) is 1.38. The minimum Gasteiger partial charge on any atom is -0.397 e. The van der Waals surface area contributed by atoms with E-state index in [1.807, 2.05) is 0 Å². The van der Waals surface area contributed by atoms with Crippen LogP contribution >= 0.6 is 0 Å². The van der Waals surface area contributed by atoms with Gasteiger partial charge < -0.3 is 21.7 Å². The van der Waals surface area contributed by atoms with Crippen molar-refractivity contribution >= 4 is 23.2 Å². The second kappa shape index (κ2) is 5.31. The Balaban J connectivity index is 2.97. The Morgan fingerprint density at radius 2 is 2.00 bits per heavy atom. The number of nitrogens with two attached hydrogens (primary N) is 2. The van der Waals surface area contributed by atoms with Gasteiger partial charge in [-0.25, -0.2) is 0 Å². The normalized spacial score (nSPS) is 10.3. The lowest BCUT2D eigenvalue weighted by Crippen LogP contribution is -2.28. The number of likely N-dealkylation sites (N-methyl/N-ethyl adjacent to an activating group) is 1. The number of carbonyl (C=O) groups excluding carboxylic acids is 2. The summed E-state index contributed by atoms with van der Waals surface area (Å²) in [6, 6.07) is 4.72. The summed E-state index contributed by atoms with van der Waals surface area (Å²) in [5.41, 5.74) is 11.7. The molecule has 5 N–H and O–H groups in total. The van der Waals surface area contributed by atoms with Crippen LogP contribution in [0.4, 0.5) is 11.4 Å². The van der Waals surface area contributed by atoms with Gasteiger partial charge in [-0.3, -0.25) is 9.59 Å². The van der Waals surface area contributed by atoms with Crippen molar-refractivity contribution in [3.63, 3.8) is 0 Å². The Bertz CT molecular complexity index is 443. The molecule has 0 fully saturated rings. The summed E-state index contributed by atoms with van der Waals surface area (Å²) in [5, 5.41) is 2.59. The third-order valence-corrected chi connectivity index (χ3v) is 2.09. The van der Waals surface area contributed by atoms with Gasteiger partial charge in [-0.05, 0) is 26.2 Å². The number of primary amides is 1. The molecule has 0 bridgehead atoms. The molecule has 1 aromatic carbocycles. The molecule has 0 aliphatic carbocycles. The molecule has 6 heteroatoms. The van der Waals surface area contributed by atoms with Crippen LogP contribution in [0, 0.1) is 0 Å². The average molecular weight is 236 g/mol. The number of para-hydroxylation sites is 1. The molecule has 1 rings (SSSR count). The van der Waals surface area contributed by atoms with Crippen LogP contribution in [0.5, 0.6) is 0 Å². The minimum atomic E-state index is -0.627. The smallest absolute Gasteiger partial charge is 0.250 e. The first-order valence-corrected chi connectivity index (χ1v) is 5.04. The van der Waals surface area contributed by atoms with E-state index in [9.17, 15) is 9.59 Å². The molecule has 0 atom stereocenters. The van der Waals surface area contributed by atoms with Crippen LogP contribution in [0.1, 0.15) is 10.4 Å². The van der Waals surface area contributed by atoms with Gasteiger partial charge in [0.2, 0.25) is 5.91 Å². The number of nitrogens with zero attached hydrogens (tertiary/aromatic N) is 1. The van der Waals surface area contributed by atoms with E-state index >= 15 is 0 Å². The number of hydrogen-bond donors (Lipinski definition) is 3. The molecule has 0 aromatic heterocycles. The maximum absolute atomic E-state index is 11.6. The van der Waals surface area contributed by atoms with Crippen molar-refractivity contribution in [1.29, 1.82) is 0 Å². The fourth-order valence-electron chi connectivity index (χ4n) is 1.38. The Hall–Kier alpha value is -2.08. The highest BCUT2D eigenvalue weighted by atomic mass is 16.2. The van der Waals surface area contributed by atoms with Crippen LogP contribution in [0.2, 0.25) is 0 Å². The number of anilines is 2. The molecule has 0 radical (unpaired) electrons. The summed E-state index contributed by atoms with van der Waals surface area (Å²) in [6.07, 6.45) is 0. The first-order valence-electron chi connectivity index (χ1n) is 5.04. The quantitative estimate of drug-likeness (QED) is 0.634. The topological polar surface area (TPSA) is 101 Å². The summed E-state index contributed by atoms with van der Waals surface area (Å²) in [4.78, 5) is 24.5. The highest BCUT2D eigenvalue weighted by Gasteiger charge is 2.13. The standard InChI is InChI=1S/C11H16N4O2/c1-15(2)6-9(16)14-10-7(11(13)17)4-3-5-8(10)12/h3-5H,6,12H2,1-2H3,(H2,13,17)(H,14,16). The number of rotatable bonds is 4. The van der Waals surface area contributed by atoms with E-state index in [-0.39, 0.29) is 23.7 Å². The summed E-state index contributed by atoms with van der Waals surface area (Å²) < 4.78 is 0. The second-order valence-electron chi connectivity index (χ2n) is 3.92. The van der Waals surface area contributed by atoms with Gasteiger partial charge in [-0.2, -0.15) is 0 Å². The van der Waals surface area contributed by atoms with Gasteiger partial charge in [0.1, 0.15) is 0 Å². The lowest BCUT2D eigenvalue weighted by Gasteiger charge is -2.13. The largest absolute Gasteiger partial charge is 0.397 e. The van der Waals surface area contributed by atoms with Crippen LogP contribution in [0.15, 0.2) is 18.2 Å². The Morgan fingerprint density at radius 3 is 2.53 bits per heavy atom. The number of nitrogen functional groups attached to an aromatic ring is 1. The van der Waals surface area contributed by atoms with Crippen molar-refractivity contribution in [3.05, 3.63) is 23.8 Å². The van der Waals surface area contributed by atoms with Gasteiger partial charge in [0.05, 0.1) is 23.5 Å². The number of hydrogen-bond acceptors (Lipinski definition) is 4. The molecule has 17 heavy (non-hydrogen) atoms. The fraction of sp³-hybridized carbons (Fsp3) is 0.273. The molecule has 0 saturated carbocycles. The molecule has 1 aromatic rings. The van der Waals surface area contributed by atoms with E-state index in [0.717, 1.165) is 0 Å². The van der Waals surface area contributed by atoms with E-state index < -0.39 is 5.91 Å². The van der Waals surface area contributed by atoms with Crippen LogP contribution in [0.25, 0.3) is 0 Å².